The summed E-state index contributed by atoms with van der Waals surface area (Å²) in [7, 11) is 0. The quantitative estimate of drug-likeness (QED) is 0.711. The molecule has 2 heterocycles. The first-order valence-corrected chi connectivity index (χ1v) is 7.80. The van der Waals surface area contributed by atoms with Gasteiger partial charge in [0.05, 0.1) is 0 Å². The zero-order chi connectivity index (χ0) is 17.5. The van der Waals surface area contributed by atoms with Crippen molar-refractivity contribution in [1.29, 1.82) is 0 Å². The molecule has 3 aromatic rings. The summed E-state index contributed by atoms with van der Waals surface area (Å²) in [5.74, 6) is 0.772. The standard InChI is InChI=1S/C20H17N3O2/c1-15-6-2-3-9-18(15)25-20-17(8-5-13-22-20)23-19(24)11-10-16-7-4-12-21-14-16/h2-14H,1H3,(H,23,24)/b11-10+. The molecular formula is C20H17N3O2. The molecule has 1 amide bonds. The van der Waals surface area contributed by atoms with Crippen LogP contribution in [0.2, 0.25) is 0 Å². The van der Waals surface area contributed by atoms with Crippen molar-refractivity contribution in [2.45, 2.75) is 6.92 Å². The first-order valence-electron chi connectivity index (χ1n) is 7.80. The lowest BCUT2D eigenvalue weighted by molar-refractivity contribution is -0.111. The highest BCUT2D eigenvalue weighted by Crippen LogP contribution is 2.28. The van der Waals surface area contributed by atoms with E-state index in [2.05, 4.69) is 15.3 Å². The number of carbonyl (C=O) groups is 1. The Bertz CT molecular complexity index is 892. The van der Waals surface area contributed by atoms with E-state index in [4.69, 9.17) is 4.74 Å². The molecule has 0 bridgehead atoms. The van der Waals surface area contributed by atoms with Crippen molar-refractivity contribution in [3.05, 3.63) is 84.3 Å². The highest BCUT2D eigenvalue weighted by molar-refractivity contribution is 6.02. The molecule has 0 aliphatic heterocycles. The second-order valence-corrected chi connectivity index (χ2v) is 5.33. The number of benzene rings is 1. The minimum Gasteiger partial charge on any atom is -0.437 e. The smallest absolute Gasteiger partial charge is 0.248 e. The number of carbonyl (C=O) groups excluding carboxylic acids is 1. The molecule has 0 aliphatic rings. The SMILES string of the molecule is Cc1ccccc1Oc1ncccc1NC(=O)/C=C/c1cccnc1. The van der Waals surface area contributed by atoms with E-state index < -0.39 is 0 Å². The van der Waals surface area contributed by atoms with Gasteiger partial charge in [-0.25, -0.2) is 4.98 Å². The van der Waals surface area contributed by atoms with Crippen LogP contribution in [0.25, 0.3) is 6.08 Å². The molecule has 124 valence electrons. The Balaban J connectivity index is 1.74. The summed E-state index contributed by atoms with van der Waals surface area (Å²) >= 11 is 0. The van der Waals surface area contributed by atoms with Gasteiger partial charge in [0.25, 0.3) is 0 Å². The molecule has 0 saturated heterocycles. The average Bonchev–Trinajstić information content (AvgIpc) is 2.64. The second-order valence-electron chi connectivity index (χ2n) is 5.33. The number of hydrogen-bond donors (Lipinski definition) is 1. The molecule has 0 radical (unpaired) electrons. The summed E-state index contributed by atoms with van der Waals surface area (Å²) in [5.41, 5.74) is 2.34. The zero-order valence-corrected chi connectivity index (χ0v) is 13.7. The third-order valence-corrected chi connectivity index (χ3v) is 3.44. The molecule has 0 atom stereocenters. The number of pyridine rings is 2. The summed E-state index contributed by atoms with van der Waals surface area (Å²) in [6.45, 7) is 1.95. The Hall–Kier alpha value is -3.47. The topological polar surface area (TPSA) is 64.1 Å². The van der Waals surface area contributed by atoms with Gasteiger partial charge >= 0.3 is 0 Å². The first-order chi connectivity index (χ1) is 12.2. The molecule has 5 nitrogen and oxygen atoms in total. The fraction of sp³-hybridized carbons (Fsp3) is 0.0500. The largest absolute Gasteiger partial charge is 0.437 e. The Morgan fingerprint density at radius 2 is 1.92 bits per heavy atom. The number of rotatable bonds is 5. The van der Waals surface area contributed by atoms with Gasteiger partial charge in [-0.3, -0.25) is 9.78 Å². The molecule has 0 saturated carbocycles. The number of anilines is 1. The van der Waals surface area contributed by atoms with Crippen LogP contribution in [0.3, 0.4) is 0 Å². The molecule has 0 unspecified atom stereocenters. The van der Waals surface area contributed by atoms with Gasteiger partial charge in [0.1, 0.15) is 11.4 Å². The van der Waals surface area contributed by atoms with Crippen LogP contribution in [-0.4, -0.2) is 15.9 Å². The third-order valence-electron chi connectivity index (χ3n) is 3.44. The second kappa shape index (κ2) is 7.88. The summed E-state index contributed by atoms with van der Waals surface area (Å²) in [4.78, 5) is 20.4. The van der Waals surface area contributed by atoms with Gasteiger partial charge in [0.2, 0.25) is 11.8 Å². The van der Waals surface area contributed by atoms with Crippen molar-refractivity contribution in [3.8, 4) is 11.6 Å². The van der Waals surface area contributed by atoms with Gasteiger partial charge in [0.15, 0.2) is 0 Å². The average molecular weight is 331 g/mol. The highest BCUT2D eigenvalue weighted by Gasteiger charge is 2.09. The normalized spacial score (nSPS) is 10.6. The molecule has 25 heavy (non-hydrogen) atoms. The Morgan fingerprint density at radius 3 is 2.72 bits per heavy atom. The number of hydrogen-bond acceptors (Lipinski definition) is 4. The number of aryl methyl sites for hydroxylation is 1. The summed E-state index contributed by atoms with van der Waals surface area (Å²) in [5, 5.41) is 2.79. The number of ether oxygens (including phenoxy) is 1. The lowest BCUT2D eigenvalue weighted by atomic mass is 10.2. The molecular weight excluding hydrogens is 314 g/mol. The van der Waals surface area contributed by atoms with Crippen molar-refractivity contribution in [2.24, 2.45) is 0 Å². The van der Waals surface area contributed by atoms with Crippen LogP contribution in [0, 0.1) is 6.92 Å². The number of amides is 1. The minimum absolute atomic E-state index is 0.272. The van der Waals surface area contributed by atoms with Crippen molar-refractivity contribution < 1.29 is 9.53 Å². The first kappa shape index (κ1) is 16.4. The van der Waals surface area contributed by atoms with E-state index in [9.17, 15) is 4.79 Å². The van der Waals surface area contributed by atoms with E-state index in [-0.39, 0.29) is 5.91 Å². The molecule has 1 N–H and O–H groups in total. The number of nitrogens with zero attached hydrogens (tertiary/aromatic N) is 2. The van der Waals surface area contributed by atoms with Crippen molar-refractivity contribution >= 4 is 17.7 Å². The number of nitrogens with one attached hydrogen (secondary N) is 1. The molecule has 5 heteroatoms. The maximum absolute atomic E-state index is 12.2. The van der Waals surface area contributed by atoms with Crippen molar-refractivity contribution in [3.63, 3.8) is 0 Å². The molecule has 2 aromatic heterocycles. The molecule has 3 rings (SSSR count). The minimum atomic E-state index is -0.272. The lowest BCUT2D eigenvalue weighted by Gasteiger charge is -2.11. The molecule has 1 aromatic carbocycles. The predicted octanol–water partition coefficient (Wildman–Crippen LogP) is 4.23. The van der Waals surface area contributed by atoms with Crippen LogP contribution in [0.4, 0.5) is 5.69 Å². The van der Waals surface area contributed by atoms with Crippen LogP contribution in [0.5, 0.6) is 11.6 Å². The van der Waals surface area contributed by atoms with Crippen LogP contribution in [-0.2, 0) is 4.79 Å². The summed E-state index contributed by atoms with van der Waals surface area (Å²) in [6, 6.07) is 14.8. The molecule has 0 spiro atoms. The van der Waals surface area contributed by atoms with Gasteiger partial charge in [0, 0.05) is 24.7 Å². The monoisotopic (exact) mass is 331 g/mol. The Kier molecular flexibility index (Phi) is 5.16. The fourth-order valence-corrected chi connectivity index (χ4v) is 2.16. The van der Waals surface area contributed by atoms with E-state index in [1.807, 2.05) is 43.3 Å². The van der Waals surface area contributed by atoms with E-state index >= 15 is 0 Å². The van der Waals surface area contributed by atoms with Crippen molar-refractivity contribution in [2.75, 3.05) is 5.32 Å². The van der Waals surface area contributed by atoms with E-state index in [0.717, 1.165) is 11.1 Å². The van der Waals surface area contributed by atoms with Gasteiger partial charge < -0.3 is 10.1 Å². The van der Waals surface area contributed by atoms with E-state index in [1.165, 1.54) is 6.08 Å². The maximum Gasteiger partial charge on any atom is 0.248 e. The van der Waals surface area contributed by atoms with Crippen LogP contribution >= 0.6 is 0 Å². The lowest BCUT2D eigenvalue weighted by Crippen LogP contribution is -2.09. The van der Waals surface area contributed by atoms with Gasteiger partial charge in [-0.15, -0.1) is 0 Å². The summed E-state index contributed by atoms with van der Waals surface area (Å²) < 4.78 is 5.84. The Morgan fingerprint density at radius 1 is 1.08 bits per heavy atom. The third kappa shape index (κ3) is 4.51. The van der Waals surface area contributed by atoms with Crippen LogP contribution in [0.1, 0.15) is 11.1 Å². The molecule has 0 fully saturated rings. The van der Waals surface area contributed by atoms with Gasteiger partial charge in [-0.2, -0.15) is 0 Å². The fourth-order valence-electron chi connectivity index (χ4n) is 2.16. The van der Waals surface area contributed by atoms with Crippen molar-refractivity contribution in [1.82, 2.24) is 9.97 Å². The number of aromatic nitrogens is 2. The van der Waals surface area contributed by atoms with Gasteiger partial charge in [-0.1, -0.05) is 24.3 Å². The predicted molar refractivity (Wildman–Crippen MR) is 97.4 cm³/mol. The summed E-state index contributed by atoms with van der Waals surface area (Å²) in [6.07, 6.45) is 8.12. The highest BCUT2D eigenvalue weighted by atomic mass is 16.5. The Labute approximate surface area is 146 Å². The number of para-hydroxylation sites is 1. The van der Waals surface area contributed by atoms with Crippen LogP contribution < -0.4 is 10.1 Å². The zero-order valence-electron chi connectivity index (χ0n) is 13.7. The van der Waals surface area contributed by atoms with Crippen LogP contribution in [0.15, 0.2) is 73.2 Å². The maximum atomic E-state index is 12.2. The van der Waals surface area contributed by atoms with E-state index in [0.29, 0.717) is 17.3 Å². The van der Waals surface area contributed by atoms with Gasteiger partial charge in [-0.05, 0) is 48.4 Å². The van der Waals surface area contributed by atoms with E-state index in [1.54, 1.807) is 36.8 Å². The molecule has 0 aliphatic carbocycles.